The molecule has 0 bridgehead atoms. The molecule has 112 valence electrons. The summed E-state index contributed by atoms with van der Waals surface area (Å²) in [5, 5.41) is 24.4. The summed E-state index contributed by atoms with van der Waals surface area (Å²) in [7, 11) is 1.48. The fraction of sp³-hybridized carbons (Fsp3) is 0.143. The molecule has 8 nitrogen and oxygen atoms in total. The number of carbonyl (C=O) groups is 1. The van der Waals surface area contributed by atoms with Gasteiger partial charge in [0.2, 0.25) is 5.52 Å². The van der Waals surface area contributed by atoms with Crippen LogP contribution in [0.2, 0.25) is 0 Å². The molecule has 0 aliphatic heterocycles. The van der Waals surface area contributed by atoms with E-state index in [2.05, 4.69) is 15.3 Å². The standard InChI is InChI=1S/C14H13N5O3/c1-18-12-10(19(22)13(18)14(20)21)11(16-8-17-12)15-7-9-5-3-2-4-6-9/h2-6,8H,7H2,1H3,(H,20,21)(H,15,16,17). The van der Waals surface area contributed by atoms with Gasteiger partial charge in [0.05, 0.1) is 7.05 Å². The number of carboxylic acid groups (broad SMARTS) is 1. The lowest BCUT2D eigenvalue weighted by molar-refractivity contribution is -0.580. The largest absolute Gasteiger partial charge is 0.710 e. The van der Waals surface area contributed by atoms with Crippen LogP contribution >= 0.6 is 0 Å². The van der Waals surface area contributed by atoms with Crippen LogP contribution in [0.3, 0.4) is 0 Å². The Morgan fingerprint density at radius 1 is 1.36 bits per heavy atom. The predicted molar refractivity (Wildman–Crippen MR) is 78.2 cm³/mol. The van der Waals surface area contributed by atoms with E-state index in [-0.39, 0.29) is 11.2 Å². The molecule has 0 saturated heterocycles. The van der Waals surface area contributed by atoms with Crippen LogP contribution in [0, 0.1) is 5.21 Å². The summed E-state index contributed by atoms with van der Waals surface area (Å²) in [4.78, 5) is 19.2. The predicted octanol–water partition coefficient (Wildman–Crippen LogP) is 0.912. The SMILES string of the molecule is Cn1c(C(=O)O)[n+]([O-])c2c(NCc3ccccc3)ncnc21. The normalized spacial score (nSPS) is 10.8. The number of aryl methyl sites for hydroxylation is 1. The first-order valence-electron chi connectivity index (χ1n) is 6.53. The van der Waals surface area contributed by atoms with Gasteiger partial charge in [-0.05, 0) is 5.56 Å². The summed E-state index contributed by atoms with van der Waals surface area (Å²) in [6, 6.07) is 9.60. The van der Waals surface area contributed by atoms with Crippen LogP contribution < -0.4 is 10.0 Å². The smallest absolute Gasteiger partial charge is 0.420 e. The molecule has 0 fully saturated rings. The summed E-state index contributed by atoms with van der Waals surface area (Å²) in [5.74, 6) is -1.42. The van der Waals surface area contributed by atoms with Crippen LogP contribution in [0.4, 0.5) is 5.82 Å². The Hall–Kier alpha value is -3.16. The van der Waals surface area contributed by atoms with Crippen LogP contribution in [0.15, 0.2) is 36.7 Å². The van der Waals surface area contributed by atoms with Crippen molar-refractivity contribution in [3.05, 3.63) is 53.3 Å². The quantitative estimate of drug-likeness (QED) is 0.548. The Labute approximate surface area is 125 Å². The van der Waals surface area contributed by atoms with E-state index in [0.717, 1.165) is 5.56 Å². The van der Waals surface area contributed by atoms with Crippen molar-refractivity contribution in [3.8, 4) is 0 Å². The van der Waals surface area contributed by atoms with E-state index in [9.17, 15) is 10.0 Å². The Morgan fingerprint density at radius 3 is 2.77 bits per heavy atom. The van der Waals surface area contributed by atoms with Gasteiger partial charge in [0.15, 0.2) is 5.82 Å². The molecule has 0 unspecified atom stereocenters. The van der Waals surface area contributed by atoms with Crippen molar-refractivity contribution >= 4 is 23.0 Å². The van der Waals surface area contributed by atoms with Gasteiger partial charge in [0, 0.05) is 6.54 Å². The highest BCUT2D eigenvalue weighted by Crippen LogP contribution is 2.18. The highest BCUT2D eigenvalue weighted by atomic mass is 16.5. The molecule has 0 amide bonds. The van der Waals surface area contributed by atoms with E-state index in [0.29, 0.717) is 17.1 Å². The fourth-order valence-electron chi connectivity index (χ4n) is 2.29. The van der Waals surface area contributed by atoms with Crippen molar-refractivity contribution in [2.24, 2.45) is 7.05 Å². The summed E-state index contributed by atoms with van der Waals surface area (Å²) in [6.07, 6.45) is 1.29. The Balaban J connectivity index is 2.03. The van der Waals surface area contributed by atoms with E-state index < -0.39 is 11.8 Å². The number of aromatic nitrogens is 4. The molecule has 3 aromatic rings. The van der Waals surface area contributed by atoms with Crippen LogP contribution in [0.1, 0.15) is 16.2 Å². The fourth-order valence-corrected chi connectivity index (χ4v) is 2.29. The van der Waals surface area contributed by atoms with Crippen molar-refractivity contribution in [1.82, 2.24) is 14.5 Å². The Morgan fingerprint density at radius 2 is 2.09 bits per heavy atom. The third-order valence-electron chi connectivity index (χ3n) is 3.33. The maximum Gasteiger partial charge on any atom is 0.420 e. The van der Waals surface area contributed by atoms with E-state index in [4.69, 9.17) is 5.11 Å². The molecule has 0 saturated carbocycles. The first-order chi connectivity index (χ1) is 10.6. The zero-order valence-electron chi connectivity index (χ0n) is 11.7. The minimum atomic E-state index is -1.32. The molecule has 2 aromatic heterocycles. The molecular formula is C14H13N5O3. The molecule has 0 radical (unpaired) electrons. The summed E-state index contributed by atoms with van der Waals surface area (Å²) < 4.78 is 1.57. The molecule has 1 aromatic carbocycles. The number of carboxylic acids is 1. The van der Waals surface area contributed by atoms with Crippen LogP contribution in [0.5, 0.6) is 0 Å². The lowest BCUT2D eigenvalue weighted by atomic mass is 10.2. The molecule has 0 atom stereocenters. The highest BCUT2D eigenvalue weighted by molar-refractivity contribution is 5.88. The van der Waals surface area contributed by atoms with Crippen molar-refractivity contribution in [2.75, 3.05) is 5.32 Å². The topological polar surface area (TPSA) is 107 Å². The molecule has 3 rings (SSSR count). The van der Waals surface area contributed by atoms with Gasteiger partial charge in [0.25, 0.3) is 5.65 Å². The van der Waals surface area contributed by atoms with Crippen LogP contribution in [0.25, 0.3) is 11.2 Å². The first-order valence-corrected chi connectivity index (χ1v) is 6.53. The number of nitrogens with zero attached hydrogens (tertiary/aromatic N) is 4. The molecule has 0 aliphatic rings. The van der Waals surface area contributed by atoms with E-state index in [1.54, 1.807) is 0 Å². The third kappa shape index (κ3) is 2.20. The zero-order chi connectivity index (χ0) is 15.7. The lowest BCUT2D eigenvalue weighted by Gasteiger charge is -2.07. The molecular weight excluding hydrogens is 286 g/mol. The number of benzene rings is 1. The molecule has 8 heteroatoms. The van der Waals surface area contributed by atoms with Crippen molar-refractivity contribution < 1.29 is 14.6 Å². The summed E-state index contributed by atoms with van der Waals surface area (Å²) in [5.41, 5.74) is 1.39. The highest BCUT2D eigenvalue weighted by Gasteiger charge is 2.28. The van der Waals surface area contributed by atoms with Gasteiger partial charge in [-0.2, -0.15) is 4.98 Å². The van der Waals surface area contributed by atoms with Gasteiger partial charge >= 0.3 is 11.8 Å². The van der Waals surface area contributed by atoms with Gasteiger partial charge in [-0.3, -0.25) is 0 Å². The Kier molecular flexibility index (Phi) is 3.34. The average Bonchev–Trinajstić information content (AvgIpc) is 2.78. The second kappa shape index (κ2) is 5.32. The third-order valence-corrected chi connectivity index (χ3v) is 3.33. The number of aromatic carboxylic acids is 1. The molecule has 2 heterocycles. The first kappa shape index (κ1) is 13.8. The maximum absolute atomic E-state index is 12.2. The zero-order valence-corrected chi connectivity index (χ0v) is 11.7. The number of rotatable bonds is 4. The minimum Gasteiger partial charge on any atom is -0.710 e. The lowest BCUT2D eigenvalue weighted by Crippen LogP contribution is -2.34. The number of anilines is 1. The minimum absolute atomic E-state index is 0.110. The molecule has 22 heavy (non-hydrogen) atoms. The van der Waals surface area contributed by atoms with Crippen molar-refractivity contribution in [2.45, 2.75) is 6.54 Å². The van der Waals surface area contributed by atoms with Gasteiger partial charge < -0.3 is 15.6 Å². The molecule has 0 spiro atoms. The average molecular weight is 299 g/mol. The number of fused-ring (bicyclic) bond motifs is 1. The molecule has 0 aliphatic carbocycles. The van der Waals surface area contributed by atoms with Gasteiger partial charge in [-0.1, -0.05) is 30.3 Å². The van der Waals surface area contributed by atoms with E-state index in [1.807, 2.05) is 30.3 Å². The second-order valence-electron chi connectivity index (χ2n) is 4.72. The number of nitrogens with one attached hydrogen (secondary N) is 1. The van der Waals surface area contributed by atoms with E-state index >= 15 is 0 Å². The number of hydrogen-bond acceptors (Lipinski definition) is 5. The second-order valence-corrected chi connectivity index (χ2v) is 4.72. The Bertz CT molecular complexity index is 845. The van der Waals surface area contributed by atoms with Crippen molar-refractivity contribution in [3.63, 3.8) is 0 Å². The van der Waals surface area contributed by atoms with Gasteiger partial charge in [-0.15, -0.1) is 0 Å². The van der Waals surface area contributed by atoms with Crippen molar-refractivity contribution in [1.29, 1.82) is 0 Å². The summed E-state index contributed by atoms with van der Waals surface area (Å²) >= 11 is 0. The monoisotopic (exact) mass is 299 g/mol. The maximum atomic E-state index is 12.2. The van der Waals surface area contributed by atoms with Crippen LogP contribution in [-0.2, 0) is 13.6 Å². The number of hydrogen-bond donors (Lipinski definition) is 2. The molecule has 2 N–H and O–H groups in total. The summed E-state index contributed by atoms with van der Waals surface area (Å²) in [6.45, 7) is 0.463. The van der Waals surface area contributed by atoms with Gasteiger partial charge in [-0.25, -0.2) is 19.1 Å². The van der Waals surface area contributed by atoms with E-state index in [1.165, 1.54) is 17.9 Å². The number of imidazole rings is 1. The van der Waals surface area contributed by atoms with Gasteiger partial charge in [0.1, 0.15) is 6.33 Å². The van der Waals surface area contributed by atoms with Crippen LogP contribution in [-0.4, -0.2) is 25.6 Å².